The van der Waals surface area contributed by atoms with Crippen LogP contribution in [0.15, 0.2) is 61.1 Å². The van der Waals surface area contributed by atoms with Crippen LogP contribution in [0.2, 0.25) is 5.02 Å². The largest absolute Gasteiger partial charge is 0.482 e. The SMILES string of the molecule is CC(c1ccc(F)cn1)n1ncc2c(-c3ccc4c(c3)OC(F)(F)C(=O)N4Cc3ccc(Cl)cn3)c(C(N)=O)c(CC3CC3)nc21. The van der Waals surface area contributed by atoms with Gasteiger partial charge in [-0.2, -0.15) is 13.9 Å². The highest BCUT2D eigenvalue weighted by atomic mass is 35.5. The Morgan fingerprint density at radius 3 is 2.61 bits per heavy atom. The summed E-state index contributed by atoms with van der Waals surface area (Å²) in [5, 5.41) is 5.34. The first kappa shape index (κ1) is 29.7. The van der Waals surface area contributed by atoms with Gasteiger partial charge in [-0.25, -0.2) is 14.1 Å². The van der Waals surface area contributed by atoms with Crippen LogP contribution in [-0.2, 0) is 17.8 Å². The van der Waals surface area contributed by atoms with E-state index >= 15 is 0 Å². The number of ether oxygens (including phenoxy) is 1. The molecule has 1 saturated carbocycles. The number of anilines is 1. The summed E-state index contributed by atoms with van der Waals surface area (Å²) in [7, 11) is 0. The number of hydrogen-bond donors (Lipinski definition) is 1. The molecule has 5 aromatic rings. The van der Waals surface area contributed by atoms with Crippen LogP contribution >= 0.6 is 11.6 Å². The van der Waals surface area contributed by atoms with Gasteiger partial charge in [0.1, 0.15) is 5.82 Å². The number of nitrogens with zero attached hydrogens (tertiary/aromatic N) is 6. The van der Waals surface area contributed by atoms with Crippen LogP contribution in [0.4, 0.5) is 18.9 Å². The van der Waals surface area contributed by atoms with Crippen molar-refractivity contribution in [3.8, 4) is 16.9 Å². The highest BCUT2D eigenvalue weighted by Crippen LogP contribution is 2.45. The molecule has 0 bridgehead atoms. The molecule has 2 N–H and O–H groups in total. The number of benzene rings is 1. The lowest BCUT2D eigenvalue weighted by Gasteiger charge is -2.33. The predicted octanol–water partition coefficient (Wildman–Crippen LogP) is 5.86. The number of halogens is 4. The van der Waals surface area contributed by atoms with Gasteiger partial charge in [0, 0.05) is 17.1 Å². The van der Waals surface area contributed by atoms with Gasteiger partial charge >= 0.3 is 12.0 Å². The number of rotatable bonds is 8. The third-order valence-electron chi connectivity index (χ3n) is 8.17. The maximum absolute atomic E-state index is 15.0. The lowest BCUT2D eigenvalue weighted by molar-refractivity contribution is -0.193. The molecule has 14 heteroatoms. The van der Waals surface area contributed by atoms with Gasteiger partial charge in [0.05, 0.1) is 58.3 Å². The van der Waals surface area contributed by atoms with Crippen LogP contribution in [0.1, 0.15) is 53.2 Å². The zero-order valence-electron chi connectivity index (χ0n) is 24.3. The summed E-state index contributed by atoms with van der Waals surface area (Å²) >= 11 is 5.92. The summed E-state index contributed by atoms with van der Waals surface area (Å²) in [6, 6.07) is 9.88. The summed E-state index contributed by atoms with van der Waals surface area (Å²) in [5.41, 5.74) is 8.59. The van der Waals surface area contributed by atoms with E-state index < -0.39 is 29.8 Å². The third kappa shape index (κ3) is 5.30. The van der Waals surface area contributed by atoms with Crippen molar-refractivity contribution in [2.45, 2.75) is 44.9 Å². The van der Waals surface area contributed by atoms with Gasteiger partial charge in [-0.05, 0) is 74.1 Å². The summed E-state index contributed by atoms with van der Waals surface area (Å²) in [4.78, 5) is 39.9. The minimum Gasteiger partial charge on any atom is -0.423 e. The number of fused-ring (bicyclic) bond motifs is 2. The molecule has 1 aromatic carbocycles. The molecular weight excluding hydrogens is 623 g/mol. The quantitative estimate of drug-likeness (QED) is 0.223. The Morgan fingerprint density at radius 1 is 1.13 bits per heavy atom. The van der Waals surface area contributed by atoms with Crippen molar-refractivity contribution < 1.29 is 27.5 Å². The normalized spacial score (nSPS) is 16.3. The van der Waals surface area contributed by atoms with Crippen molar-refractivity contribution in [1.29, 1.82) is 0 Å². The van der Waals surface area contributed by atoms with Crippen LogP contribution in [0.5, 0.6) is 5.75 Å². The number of carbonyl (C=O) groups is 2. The first-order valence-electron chi connectivity index (χ1n) is 14.4. The molecule has 2 amide bonds. The van der Waals surface area contributed by atoms with Crippen molar-refractivity contribution in [3.05, 3.63) is 94.5 Å². The van der Waals surface area contributed by atoms with Crippen LogP contribution in [0.25, 0.3) is 22.2 Å². The molecule has 1 unspecified atom stereocenters. The van der Waals surface area contributed by atoms with Crippen molar-refractivity contribution >= 4 is 40.1 Å². The smallest absolute Gasteiger partial charge is 0.423 e. The van der Waals surface area contributed by atoms with Crippen LogP contribution < -0.4 is 15.4 Å². The summed E-state index contributed by atoms with van der Waals surface area (Å²) in [5.74, 6) is -2.74. The van der Waals surface area contributed by atoms with E-state index in [0.717, 1.165) is 23.9 Å². The second-order valence-electron chi connectivity index (χ2n) is 11.4. The Labute approximate surface area is 265 Å². The Morgan fingerprint density at radius 2 is 1.93 bits per heavy atom. The number of amides is 2. The molecule has 2 aliphatic rings. The van der Waals surface area contributed by atoms with E-state index in [4.69, 9.17) is 27.1 Å². The summed E-state index contributed by atoms with van der Waals surface area (Å²) < 4.78 is 50.2. The van der Waals surface area contributed by atoms with Crippen molar-refractivity contribution in [1.82, 2.24) is 24.7 Å². The maximum Gasteiger partial charge on any atom is 0.482 e. The molecule has 1 fully saturated rings. The Balaban J connectivity index is 1.39. The number of hydrogen-bond acceptors (Lipinski definition) is 7. The van der Waals surface area contributed by atoms with Crippen LogP contribution in [-0.4, -0.2) is 42.7 Å². The molecule has 7 rings (SSSR count). The number of primary amides is 1. The highest BCUT2D eigenvalue weighted by molar-refractivity contribution is 6.30. The average molecular weight is 648 g/mol. The Kier molecular flexibility index (Phi) is 7.15. The fraction of sp³-hybridized carbons (Fsp3) is 0.250. The third-order valence-corrected chi connectivity index (χ3v) is 8.39. The molecule has 1 atom stereocenters. The molecule has 10 nitrogen and oxygen atoms in total. The van der Waals surface area contributed by atoms with E-state index in [1.807, 2.05) is 6.92 Å². The van der Waals surface area contributed by atoms with Gasteiger partial charge < -0.3 is 10.5 Å². The van der Waals surface area contributed by atoms with E-state index in [1.54, 1.807) is 22.9 Å². The van der Waals surface area contributed by atoms with Crippen LogP contribution in [0, 0.1) is 11.7 Å². The van der Waals surface area contributed by atoms with Gasteiger partial charge in [-0.15, -0.1) is 0 Å². The summed E-state index contributed by atoms with van der Waals surface area (Å²) in [6.07, 6.45) is 2.23. The van der Waals surface area contributed by atoms with E-state index in [9.17, 15) is 22.8 Å². The lowest BCUT2D eigenvalue weighted by Crippen LogP contribution is -2.50. The molecule has 0 radical (unpaired) electrons. The lowest BCUT2D eigenvalue weighted by atomic mass is 9.93. The van der Waals surface area contributed by atoms with E-state index in [2.05, 4.69) is 15.1 Å². The molecule has 1 aliphatic heterocycles. The van der Waals surface area contributed by atoms with E-state index in [0.29, 0.717) is 56.6 Å². The number of aromatic nitrogens is 5. The second-order valence-corrected chi connectivity index (χ2v) is 11.8. The predicted molar refractivity (Wildman–Crippen MR) is 162 cm³/mol. The molecule has 0 saturated heterocycles. The zero-order chi connectivity index (χ0) is 32.3. The van der Waals surface area contributed by atoms with Crippen molar-refractivity contribution in [2.75, 3.05) is 4.90 Å². The average Bonchev–Trinajstić information content (AvgIpc) is 3.74. The van der Waals surface area contributed by atoms with Crippen LogP contribution in [0.3, 0.4) is 0 Å². The van der Waals surface area contributed by atoms with Gasteiger partial charge in [0.25, 0.3) is 5.91 Å². The first-order valence-corrected chi connectivity index (χ1v) is 14.8. The molecule has 234 valence electrons. The minimum atomic E-state index is -4.17. The van der Waals surface area contributed by atoms with Gasteiger partial charge in [0.15, 0.2) is 11.4 Å². The van der Waals surface area contributed by atoms with Gasteiger partial charge in [0.2, 0.25) is 0 Å². The van der Waals surface area contributed by atoms with Gasteiger partial charge in [-0.1, -0.05) is 17.7 Å². The van der Waals surface area contributed by atoms with Crippen molar-refractivity contribution in [3.63, 3.8) is 0 Å². The monoisotopic (exact) mass is 647 g/mol. The Hall–Kier alpha value is -5.04. The summed E-state index contributed by atoms with van der Waals surface area (Å²) in [6.45, 7) is 1.56. The molecule has 4 aromatic heterocycles. The zero-order valence-corrected chi connectivity index (χ0v) is 25.0. The maximum atomic E-state index is 15.0. The minimum absolute atomic E-state index is 0.0901. The Bertz CT molecular complexity index is 2010. The molecule has 1 aliphatic carbocycles. The fourth-order valence-electron chi connectivity index (χ4n) is 5.70. The van der Waals surface area contributed by atoms with Gasteiger partial charge in [-0.3, -0.25) is 24.5 Å². The number of nitrogens with two attached hydrogens (primary N) is 1. The van der Waals surface area contributed by atoms with E-state index in [1.165, 1.54) is 36.7 Å². The number of alkyl halides is 2. The number of pyridine rings is 3. The molecule has 46 heavy (non-hydrogen) atoms. The van der Waals surface area contributed by atoms with E-state index in [-0.39, 0.29) is 23.5 Å². The molecule has 0 spiro atoms. The standard InChI is InChI=1S/C32H25ClF3N7O3/c1-16(23-8-6-20(34)13-39-23)43-30-22(14-40-43)27(28(29(37)44)24(41-30)10-17-2-3-17)18-4-9-25-26(11-18)46-32(35,36)31(45)42(25)15-21-7-5-19(33)12-38-21/h4-9,11-14,16-17H,2-3,10,15H2,1H3,(H2,37,44). The number of carbonyl (C=O) groups excluding carboxylic acids is 2. The molecular formula is C32H25ClF3N7O3. The fourth-order valence-corrected chi connectivity index (χ4v) is 5.81. The highest BCUT2D eigenvalue weighted by Gasteiger charge is 2.50. The topological polar surface area (TPSA) is 129 Å². The molecule has 5 heterocycles. The first-order chi connectivity index (χ1) is 22.0. The second kappa shape index (κ2) is 11.1. The van der Waals surface area contributed by atoms with Crippen molar-refractivity contribution in [2.24, 2.45) is 11.7 Å².